The Labute approximate surface area is 155 Å². The topological polar surface area (TPSA) is 43.4 Å². The van der Waals surface area contributed by atoms with E-state index < -0.39 is 5.97 Å². The van der Waals surface area contributed by atoms with E-state index in [1.54, 1.807) is 0 Å². The van der Waals surface area contributed by atoms with Crippen LogP contribution in [-0.4, -0.2) is 18.4 Å². The predicted octanol–water partition coefficient (Wildman–Crippen LogP) is 6.55. The number of carbonyl (C=O) groups excluding carboxylic acids is 2. The Morgan fingerprint density at radius 2 is 1.20 bits per heavy atom. The van der Waals surface area contributed by atoms with Gasteiger partial charge >= 0.3 is 5.97 Å². The number of hydrogen-bond donors (Lipinski definition) is 0. The third kappa shape index (κ3) is 20.8. The van der Waals surface area contributed by atoms with Crippen LogP contribution in [0.1, 0.15) is 110 Å². The molecule has 0 atom stereocenters. The largest absolute Gasteiger partial charge is 0.465 e. The van der Waals surface area contributed by atoms with Gasteiger partial charge in [0, 0.05) is 0 Å². The summed E-state index contributed by atoms with van der Waals surface area (Å²) < 4.78 is 5.00. The highest BCUT2D eigenvalue weighted by Crippen LogP contribution is 2.10. The summed E-state index contributed by atoms with van der Waals surface area (Å²) in [6.45, 7) is 4.12. The molecule has 0 aliphatic heterocycles. The molecule has 3 nitrogen and oxygen atoms in total. The molecule has 0 saturated carbocycles. The van der Waals surface area contributed by atoms with Crippen molar-refractivity contribution in [2.45, 2.75) is 110 Å². The zero-order chi connectivity index (χ0) is 18.6. The van der Waals surface area contributed by atoms with E-state index in [-0.39, 0.29) is 12.2 Å². The number of unbranched alkanes of at least 4 members (excludes halogenated alkanes) is 12. The lowest BCUT2D eigenvalue weighted by atomic mass is 10.1. The van der Waals surface area contributed by atoms with Crippen molar-refractivity contribution in [2.75, 3.05) is 6.61 Å². The Morgan fingerprint density at radius 1 is 0.720 bits per heavy atom. The molecule has 0 aliphatic carbocycles. The van der Waals surface area contributed by atoms with Crippen LogP contribution in [0, 0.1) is 0 Å². The molecule has 25 heavy (non-hydrogen) atoms. The molecule has 0 bridgehead atoms. The quantitative estimate of drug-likeness (QED) is 0.122. The van der Waals surface area contributed by atoms with E-state index in [9.17, 15) is 9.59 Å². The van der Waals surface area contributed by atoms with Crippen LogP contribution in [0.25, 0.3) is 0 Å². The maximum Gasteiger partial charge on any atom is 0.313 e. The number of ketones is 1. The summed E-state index contributed by atoms with van der Waals surface area (Å²) in [6.07, 6.45) is 22.4. The first kappa shape index (κ1) is 23.9. The van der Waals surface area contributed by atoms with Crippen LogP contribution in [0.15, 0.2) is 12.2 Å². The Morgan fingerprint density at radius 3 is 1.72 bits per heavy atom. The molecule has 0 amide bonds. The lowest BCUT2D eigenvalue weighted by Gasteiger charge is -2.03. The molecule has 0 fully saturated rings. The van der Waals surface area contributed by atoms with E-state index in [0.717, 1.165) is 19.3 Å². The molecule has 0 spiro atoms. The van der Waals surface area contributed by atoms with Gasteiger partial charge in [0.2, 0.25) is 0 Å². The van der Waals surface area contributed by atoms with Crippen molar-refractivity contribution in [3.63, 3.8) is 0 Å². The summed E-state index contributed by atoms with van der Waals surface area (Å²) >= 11 is 0. The second kappa shape index (κ2) is 19.2. The molecule has 0 rings (SSSR count). The third-order valence-electron chi connectivity index (χ3n) is 4.31. The first-order chi connectivity index (χ1) is 12.2. The highest BCUT2D eigenvalue weighted by molar-refractivity contribution is 5.94. The molecule has 0 aliphatic rings. The van der Waals surface area contributed by atoms with E-state index in [1.807, 2.05) is 0 Å². The van der Waals surface area contributed by atoms with Gasteiger partial charge in [-0.2, -0.15) is 0 Å². The van der Waals surface area contributed by atoms with E-state index in [0.29, 0.717) is 6.61 Å². The smallest absolute Gasteiger partial charge is 0.313 e. The van der Waals surface area contributed by atoms with E-state index >= 15 is 0 Å². The van der Waals surface area contributed by atoms with Gasteiger partial charge in [-0.25, -0.2) is 0 Å². The highest BCUT2D eigenvalue weighted by Gasteiger charge is 2.05. The van der Waals surface area contributed by atoms with Crippen molar-refractivity contribution in [1.82, 2.24) is 0 Å². The monoisotopic (exact) mass is 352 g/mol. The number of rotatable bonds is 18. The molecule has 3 heteroatoms. The lowest BCUT2D eigenvalue weighted by molar-refractivity contribution is -0.145. The second-order valence-electron chi connectivity index (χ2n) is 7.04. The van der Waals surface area contributed by atoms with Gasteiger partial charge in [-0.05, 0) is 39.0 Å². The van der Waals surface area contributed by atoms with Crippen LogP contribution in [0.2, 0.25) is 0 Å². The average Bonchev–Trinajstić information content (AvgIpc) is 2.57. The molecule has 0 N–H and O–H groups in total. The summed E-state index contributed by atoms with van der Waals surface area (Å²) in [7, 11) is 0. The van der Waals surface area contributed by atoms with Gasteiger partial charge in [0.25, 0.3) is 0 Å². The minimum atomic E-state index is -0.392. The van der Waals surface area contributed by atoms with Crippen molar-refractivity contribution in [2.24, 2.45) is 0 Å². The van der Waals surface area contributed by atoms with E-state index in [2.05, 4.69) is 19.1 Å². The number of ether oxygens (including phenoxy) is 1. The second-order valence-corrected chi connectivity index (χ2v) is 7.04. The fraction of sp³-hybridized carbons (Fsp3) is 0.818. The van der Waals surface area contributed by atoms with Crippen LogP contribution in [0.5, 0.6) is 0 Å². The van der Waals surface area contributed by atoms with Gasteiger partial charge in [0.15, 0.2) is 0 Å². The lowest BCUT2D eigenvalue weighted by Crippen LogP contribution is -2.09. The summed E-state index contributed by atoms with van der Waals surface area (Å²) in [6, 6.07) is 0. The summed E-state index contributed by atoms with van der Waals surface area (Å²) in [5, 5.41) is 0. The number of esters is 1. The van der Waals surface area contributed by atoms with Crippen molar-refractivity contribution < 1.29 is 14.3 Å². The van der Waals surface area contributed by atoms with Crippen molar-refractivity contribution in [3.05, 3.63) is 12.2 Å². The number of allylic oxidation sites excluding steroid dienone is 2. The Kier molecular flexibility index (Phi) is 18.3. The molecule has 0 aromatic heterocycles. The Bertz CT molecular complexity index is 347. The van der Waals surface area contributed by atoms with E-state index in [1.165, 1.54) is 77.6 Å². The van der Waals surface area contributed by atoms with Gasteiger partial charge < -0.3 is 4.74 Å². The van der Waals surface area contributed by atoms with Gasteiger partial charge in [0.05, 0.1) is 6.61 Å². The van der Waals surface area contributed by atoms with Gasteiger partial charge in [-0.15, -0.1) is 0 Å². The third-order valence-corrected chi connectivity index (χ3v) is 4.31. The molecule has 0 aromatic rings. The minimum absolute atomic E-state index is 0.0936. The molecular weight excluding hydrogens is 312 g/mol. The molecular formula is C22H40O3. The Hall–Kier alpha value is -1.12. The maximum atomic E-state index is 11.2. The summed E-state index contributed by atoms with van der Waals surface area (Å²) in [4.78, 5) is 21.9. The fourth-order valence-corrected chi connectivity index (χ4v) is 2.79. The zero-order valence-electron chi connectivity index (χ0n) is 16.7. The predicted molar refractivity (Wildman–Crippen MR) is 106 cm³/mol. The minimum Gasteiger partial charge on any atom is -0.465 e. The van der Waals surface area contributed by atoms with Gasteiger partial charge in [-0.3, -0.25) is 9.59 Å². The zero-order valence-corrected chi connectivity index (χ0v) is 16.7. The number of carbonyl (C=O) groups is 2. The maximum absolute atomic E-state index is 11.2. The van der Waals surface area contributed by atoms with Crippen LogP contribution in [-0.2, 0) is 14.3 Å². The summed E-state index contributed by atoms with van der Waals surface area (Å²) in [5.74, 6) is -0.528. The van der Waals surface area contributed by atoms with Gasteiger partial charge in [0.1, 0.15) is 12.2 Å². The highest BCUT2D eigenvalue weighted by atomic mass is 16.5. The van der Waals surface area contributed by atoms with Crippen LogP contribution in [0.4, 0.5) is 0 Å². The SMILES string of the molecule is CCCCCCCCCC/C=C\CCCCCCOC(=O)CC(C)=O. The first-order valence-corrected chi connectivity index (χ1v) is 10.5. The van der Waals surface area contributed by atoms with E-state index in [4.69, 9.17) is 4.74 Å². The molecule has 0 unspecified atom stereocenters. The molecule has 0 saturated heterocycles. The Balaban J connectivity index is 3.18. The molecule has 0 aromatic carbocycles. The molecule has 0 heterocycles. The average molecular weight is 353 g/mol. The normalized spacial score (nSPS) is 11.1. The molecule has 146 valence electrons. The van der Waals surface area contributed by atoms with Crippen molar-refractivity contribution in [1.29, 1.82) is 0 Å². The van der Waals surface area contributed by atoms with Crippen LogP contribution in [0.3, 0.4) is 0 Å². The number of hydrogen-bond acceptors (Lipinski definition) is 3. The van der Waals surface area contributed by atoms with Crippen LogP contribution < -0.4 is 0 Å². The fourth-order valence-electron chi connectivity index (χ4n) is 2.79. The number of Topliss-reactive ketones (excluding diaryl/α,β-unsaturated/α-hetero) is 1. The van der Waals surface area contributed by atoms with Crippen molar-refractivity contribution in [3.8, 4) is 0 Å². The summed E-state index contributed by atoms with van der Waals surface area (Å²) in [5.41, 5.74) is 0. The standard InChI is InChI=1S/C22H40O3/c1-3-4-5-6-7-8-9-10-11-12-13-14-15-16-17-18-19-25-22(24)20-21(2)23/h12-13H,3-11,14-20H2,1-2H3/b13-12-. The van der Waals surface area contributed by atoms with Gasteiger partial charge in [-0.1, -0.05) is 76.9 Å². The van der Waals surface area contributed by atoms with Crippen LogP contribution >= 0.6 is 0 Å². The molecule has 0 radical (unpaired) electrons. The van der Waals surface area contributed by atoms with Crippen molar-refractivity contribution >= 4 is 11.8 Å². The first-order valence-electron chi connectivity index (χ1n) is 10.5.